The van der Waals surface area contributed by atoms with E-state index < -0.39 is 0 Å². The smallest absolute Gasteiger partial charge is 0.276 e. The molecule has 114 valence electrons. The second-order valence-electron chi connectivity index (χ2n) is 5.72. The van der Waals surface area contributed by atoms with E-state index in [1.165, 1.54) is 5.56 Å². The van der Waals surface area contributed by atoms with Gasteiger partial charge in [0.15, 0.2) is 5.52 Å². The third-order valence-electron chi connectivity index (χ3n) is 3.96. The van der Waals surface area contributed by atoms with Crippen molar-refractivity contribution in [3.8, 4) is 0 Å². The number of aromatic nitrogens is 3. The lowest BCUT2D eigenvalue weighted by atomic mass is 10.1. The molecule has 4 nitrogen and oxygen atoms in total. The zero-order chi connectivity index (χ0) is 16.0. The van der Waals surface area contributed by atoms with Crippen LogP contribution in [0.5, 0.6) is 0 Å². The Morgan fingerprint density at radius 3 is 2.70 bits per heavy atom. The molecule has 2 heterocycles. The number of halogens is 1. The van der Waals surface area contributed by atoms with Gasteiger partial charge in [0.05, 0.1) is 6.54 Å². The van der Waals surface area contributed by atoms with Crippen LogP contribution in [0.4, 0.5) is 0 Å². The molecule has 5 heteroatoms. The average molecular weight is 324 g/mol. The molecule has 4 aromatic rings. The van der Waals surface area contributed by atoms with E-state index in [-0.39, 0.29) is 5.56 Å². The molecular weight excluding hydrogens is 310 g/mol. The fraction of sp³-hybridized carbons (Fsp3) is 0.111. The maximum atomic E-state index is 12.2. The number of aryl methyl sites for hydroxylation is 1. The van der Waals surface area contributed by atoms with Gasteiger partial charge in [-0.1, -0.05) is 41.4 Å². The quantitative estimate of drug-likeness (QED) is 0.608. The molecule has 0 unspecified atom stereocenters. The Kier molecular flexibility index (Phi) is 3.20. The fourth-order valence-electron chi connectivity index (χ4n) is 2.78. The van der Waals surface area contributed by atoms with Crippen LogP contribution >= 0.6 is 11.6 Å². The molecule has 0 amide bonds. The number of fused-ring (bicyclic) bond motifs is 3. The van der Waals surface area contributed by atoms with E-state index in [1.54, 1.807) is 10.7 Å². The molecule has 0 spiro atoms. The van der Waals surface area contributed by atoms with Crippen molar-refractivity contribution in [2.75, 3.05) is 0 Å². The highest BCUT2D eigenvalue weighted by atomic mass is 35.5. The molecule has 0 radical (unpaired) electrons. The van der Waals surface area contributed by atoms with Crippen LogP contribution in [0.15, 0.2) is 53.5 Å². The van der Waals surface area contributed by atoms with Crippen molar-refractivity contribution in [2.45, 2.75) is 13.5 Å². The third-order valence-corrected chi connectivity index (χ3v) is 4.20. The Bertz CT molecular complexity index is 1080. The van der Waals surface area contributed by atoms with Gasteiger partial charge in [0, 0.05) is 27.5 Å². The minimum atomic E-state index is -0.183. The largest absolute Gasteiger partial charge is 0.320 e. The van der Waals surface area contributed by atoms with Crippen molar-refractivity contribution in [2.24, 2.45) is 0 Å². The van der Waals surface area contributed by atoms with E-state index in [9.17, 15) is 4.79 Å². The number of hydrogen-bond donors (Lipinski definition) is 1. The summed E-state index contributed by atoms with van der Waals surface area (Å²) in [5.41, 5.74) is 3.38. The highest BCUT2D eigenvalue weighted by molar-refractivity contribution is 6.31. The predicted molar refractivity (Wildman–Crippen MR) is 93.2 cm³/mol. The van der Waals surface area contributed by atoms with Gasteiger partial charge in [0.1, 0.15) is 0 Å². The monoisotopic (exact) mass is 323 g/mol. The van der Waals surface area contributed by atoms with Crippen LogP contribution in [-0.2, 0) is 6.54 Å². The van der Waals surface area contributed by atoms with E-state index in [1.807, 2.05) is 18.3 Å². The van der Waals surface area contributed by atoms with Gasteiger partial charge in [-0.25, -0.2) is 0 Å². The van der Waals surface area contributed by atoms with Gasteiger partial charge in [-0.15, -0.1) is 0 Å². The SMILES string of the molecule is Cc1ccc(Cn2cc3c(n2)c(=O)[nH]c2ccc(Cl)cc23)cc1. The zero-order valence-electron chi connectivity index (χ0n) is 12.5. The molecular formula is C18H14ClN3O. The molecule has 2 aromatic carbocycles. The van der Waals surface area contributed by atoms with Crippen LogP contribution in [0.1, 0.15) is 11.1 Å². The summed E-state index contributed by atoms with van der Waals surface area (Å²) >= 11 is 6.09. The van der Waals surface area contributed by atoms with E-state index >= 15 is 0 Å². The van der Waals surface area contributed by atoms with Crippen LogP contribution in [0.3, 0.4) is 0 Å². The Balaban J connectivity index is 1.88. The van der Waals surface area contributed by atoms with Gasteiger partial charge in [-0.2, -0.15) is 5.10 Å². The second kappa shape index (κ2) is 5.25. The summed E-state index contributed by atoms with van der Waals surface area (Å²) in [6.07, 6.45) is 1.91. The van der Waals surface area contributed by atoms with E-state index in [2.05, 4.69) is 41.3 Å². The van der Waals surface area contributed by atoms with Crippen LogP contribution in [0.25, 0.3) is 21.8 Å². The molecule has 4 rings (SSSR count). The zero-order valence-corrected chi connectivity index (χ0v) is 13.3. The van der Waals surface area contributed by atoms with E-state index in [0.29, 0.717) is 17.1 Å². The first-order valence-electron chi connectivity index (χ1n) is 7.34. The summed E-state index contributed by atoms with van der Waals surface area (Å²) in [6.45, 7) is 2.68. The van der Waals surface area contributed by atoms with E-state index in [0.717, 1.165) is 21.9 Å². The van der Waals surface area contributed by atoms with Crippen LogP contribution in [0, 0.1) is 6.92 Å². The molecule has 0 saturated heterocycles. The van der Waals surface area contributed by atoms with Crippen LogP contribution in [0.2, 0.25) is 5.02 Å². The molecule has 0 atom stereocenters. The first-order chi connectivity index (χ1) is 11.1. The predicted octanol–water partition coefficient (Wildman–Crippen LogP) is 3.89. The molecule has 0 bridgehead atoms. The lowest BCUT2D eigenvalue weighted by molar-refractivity contribution is 0.695. The fourth-order valence-corrected chi connectivity index (χ4v) is 2.95. The molecule has 0 aliphatic carbocycles. The standard InChI is InChI=1S/C18H14ClN3O/c1-11-2-4-12(5-3-11)9-22-10-15-14-8-13(19)6-7-16(14)20-18(23)17(15)21-22/h2-8,10H,9H2,1H3,(H,20,23). The first-order valence-corrected chi connectivity index (χ1v) is 7.72. The number of rotatable bonds is 2. The minimum Gasteiger partial charge on any atom is -0.320 e. The Morgan fingerprint density at radius 1 is 1.13 bits per heavy atom. The lowest BCUT2D eigenvalue weighted by Gasteiger charge is -2.01. The van der Waals surface area contributed by atoms with Crippen molar-refractivity contribution in [1.29, 1.82) is 0 Å². The Morgan fingerprint density at radius 2 is 1.91 bits per heavy atom. The molecule has 0 aliphatic rings. The molecule has 0 saturated carbocycles. The summed E-state index contributed by atoms with van der Waals surface area (Å²) in [5, 5.41) is 6.80. The van der Waals surface area contributed by atoms with Crippen LogP contribution in [-0.4, -0.2) is 14.8 Å². The van der Waals surface area contributed by atoms with Crippen molar-refractivity contribution in [1.82, 2.24) is 14.8 Å². The van der Waals surface area contributed by atoms with Crippen molar-refractivity contribution in [3.63, 3.8) is 0 Å². The normalized spacial score (nSPS) is 11.4. The highest BCUT2D eigenvalue weighted by Gasteiger charge is 2.10. The summed E-state index contributed by atoms with van der Waals surface area (Å²) < 4.78 is 1.80. The molecule has 1 N–H and O–H groups in total. The average Bonchev–Trinajstić information content (AvgIpc) is 2.95. The van der Waals surface area contributed by atoms with Crippen LogP contribution < -0.4 is 5.56 Å². The number of benzene rings is 2. The number of nitrogens with zero attached hydrogens (tertiary/aromatic N) is 2. The maximum Gasteiger partial charge on any atom is 0.276 e. The Labute approximate surface area is 137 Å². The van der Waals surface area contributed by atoms with Crippen molar-refractivity contribution < 1.29 is 0 Å². The highest BCUT2D eigenvalue weighted by Crippen LogP contribution is 2.24. The second-order valence-corrected chi connectivity index (χ2v) is 6.16. The summed E-state index contributed by atoms with van der Waals surface area (Å²) in [5.74, 6) is 0. The van der Waals surface area contributed by atoms with E-state index in [4.69, 9.17) is 11.6 Å². The topological polar surface area (TPSA) is 50.7 Å². The first kappa shape index (κ1) is 14.0. The lowest BCUT2D eigenvalue weighted by Crippen LogP contribution is -2.07. The summed E-state index contributed by atoms with van der Waals surface area (Å²) in [6, 6.07) is 13.7. The summed E-state index contributed by atoms with van der Waals surface area (Å²) in [4.78, 5) is 15.1. The van der Waals surface area contributed by atoms with Crippen molar-refractivity contribution in [3.05, 3.63) is 75.2 Å². The number of nitrogens with one attached hydrogen (secondary N) is 1. The number of pyridine rings is 1. The number of hydrogen-bond acceptors (Lipinski definition) is 2. The van der Waals surface area contributed by atoms with Gasteiger partial charge < -0.3 is 4.98 Å². The molecule has 0 aliphatic heterocycles. The molecule has 0 fully saturated rings. The summed E-state index contributed by atoms with van der Waals surface area (Å²) in [7, 11) is 0. The van der Waals surface area contributed by atoms with Gasteiger partial charge in [0.2, 0.25) is 0 Å². The molecule has 23 heavy (non-hydrogen) atoms. The number of H-pyrrole nitrogens is 1. The number of aromatic amines is 1. The van der Waals surface area contributed by atoms with Gasteiger partial charge in [0.25, 0.3) is 5.56 Å². The van der Waals surface area contributed by atoms with Gasteiger partial charge in [-0.05, 0) is 30.7 Å². The van der Waals surface area contributed by atoms with Gasteiger partial charge in [-0.3, -0.25) is 9.48 Å². The third kappa shape index (κ3) is 2.51. The van der Waals surface area contributed by atoms with Crippen molar-refractivity contribution >= 4 is 33.4 Å². The Hall–Kier alpha value is -2.59. The molecule has 2 aromatic heterocycles. The van der Waals surface area contributed by atoms with Gasteiger partial charge >= 0.3 is 0 Å². The maximum absolute atomic E-state index is 12.2. The minimum absolute atomic E-state index is 0.183.